The molecule has 0 aromatic rings. The first-order chi connectivity index (χ1) is 9.41. The zero-order valence-corrected chi connectivity index (χ0v) is 14.1. The lowest BCUT2D eigenvalue weighted by Crippen LogP contribution is -2.62. The van der Waals surface area contributed by atoms with Crippen LogP contribution in [0.4, 0.5) is 0 Å². The Morgan fingerprint density at radius 2 is 2.10 bits per heavy atom. The number of piperazine rings is 1. The maximum absolute atomic E-state index is 5.88. The maximum atomic E-state index is 5.88. The molecule has 2 rings (SSSR count). The van der Waals surface area contributed by atoms with E-state index in [-0.39, 0.29) is 0 Å². The van der Waals surface area contributed by atoms with Crippen LogP contribution in [0.1, 0.15) is 53.9 Å². The van der Waals surface area contributed by atoms with Gasteiger partial charge < -0.3 is 10.1 Å². The summed E-state index contributed by atoms with van der Waals surface area (Å²) in [5.41, 5.74) is 0.329. The van der Waals surface area contributed by atoms with Crippen LogP contribution >= 0.6 is 0 Å². The van der Waals surface area contributed by atoms with Crippen molar-refractivity contribution < 1.29 is 4.74 Å². The number of ether oxygens (including phenoxy) is 1. The van der Waals surface area contributed by atoms with Crippen molar-refractivity contribution in [3.63, 3.8) is 0 Å². The fourth-order valence-electron chi connectivity index (χ4n) is 3.50. The van der Waals surface area contributed by atoms with E-state index in [4.69, 9.17) is 4.74 Å². The van der Waals surface area contributed by atoms with E-state index in [0.29, 0.717) is 23.6 Å². The van der Waals surface area contributed by atoms with Gasteiger partial charge in [-0.2, -0.15) is 0 Å². The third-order valence-corrected chi connectivity index (χ3v) is 5.27. The second kappa shape index (κ2) is 6.76. The molecular weight excluding hydrogens is 248 g/mol. The highest BCUT2D eigenvalue weighted by atomic mass is 16.5. The highest BCUT2D eigenvalue weighted by molar-refractivity contribution is 4.94. The van der Waals surface area contributed by atoms with Gasteiger partial charge in [0.05, 0.1) is 6.10 Å². The van der Waals surface area contributed by atoms with Crippen LogP contribution in [0.2, 0.25) is 0 Å². The van der Waals surface area contributed by atoms with Crippen molar-refractivity contribution in [3.05, 3.63) is 0 Å². The molecule has 2 fully saturated rings. The molecule has 4 unspecified atom stereocenters. The monoisotopic (exact) mass is 282 g/mol. The molecule has 20 heavy (non-hydrogen) atoms. The van der Waals surface area contributed by atoms with Gasteiger partial charge in [-0.1, -0.05) is 41.0 Å². The Balaban J connectivity index is 2.01. The van der Waals surface area contributed by atoms with Gasteiger partial charge >= 0.3 is 0 Å². The summed E-state index contributed by atoms with van der Waals surface area (Å²) < 4.78 is 5.88. The summed E-state index contributed by atoms with van der Waals surface area (Å²) in [6.45, 7) is 16.1. The van der Waals surface area contributed by atoms with E-state index in [1.807, 2.05) is 0 Å². The van der Waals surface area contributed by atoms with Crippen LogP contribution in [0, 0.1) is 11.3 Å². The first-order valence-corrected chi connectivity index (χ1v) is 8.50. The first-order valence-electron chi connectivity index (χ1n) is 8.50. The molecule has 0 saturated carbocycles. The fourth-order valence-corrected chi connectivity index (χ4v) is 3.50. The predicted octanol–water partition coefficient (Wildman–Crippen LogP) is 2.90. The minimum absolute atomic E-state index is 0.329. The molecule has 0 bridgehead atoms. The van der Waals surface area contributed by atoms with Crippen LogP contribution < -0.4 is 5.32 Å². The molecule has 3 heteroatoms. The largest absolute Gasteiger partial charge is 0.377 e. The molecule has 0 aromatic carbocycles. The second-order valence-corrected chi connectivity index (χ2v) is 7.87. The molecule has 4 atom stereocenters. The molecule has 0 amide bonds. The zero-order chi connectivity index (χ0) is 14.8. The van der Waals surface area contributed by atoms with Gasteiger partial charge in [0.1, 0.15) is 0 Å². The van der Waals surface area contributed by atoms with Crippen molar-refractivity contribution >= 4 is 0 Å². The van der Waals surface area contributed by atoms with Crippen molar-refractivity contribution in [2.24, 2.45) is 11.3 Å². The van der Waals surface area contributed by atoms with Crippen LogP contribution in [0.5, 0.6) is 0 Å². The summed E-state index contributed by atoms with van der Waals surface area (Å²) in [5, 5.41) is 3.80. The standard InChI is InChI=1S/C17H34N2O/c1-6-13(2)15-10-18-16(17(3,4)5)12-19(15)11-14-8-7-9-20-14/h13-16,18H,6-12H2,1-5H3. The molecule has 2 aliphatic rings. The van der Waals surface area contributed by atoms with Gasteiger partial charge in [-0.25, -0.2) is 0 Å². The lowest BCUT2D eigenvalue weighted by atomic mass is 9.83. The van der Waals surface area contributed by atoms with Crippen LogP contribution in [-0.2, 0) is 4.74 Å². The van der Waals surface area contributed by atoms with Crippen LogP contribution in [0.25, 0.3) is 0 Å². The molecule has 2 aliphatic heterocycles. The van der Waals surface area contributed by atoms with Crippen molar-refractivity contribution in [1.29, 1.82) is 0 Å². The smallest absolute Gasteiger partial charge is 0.0702 e. The summed E-state index contributed by atoms with van der Waals surface area (Å²) in [5.74, 6) is 0.754. The molecule has 0 spiro atoms. The van der Waals surface area contributed by atoms with Gasteiger partial charge in [0.25, 0.3) is 0 Å². The van der Waals surface area contributed by atoms with Crippen LogP contribution in [0.3, 0.4) is 0 Å². The average molecular weight is 282 g/mol. The van der Waals surface area contributed by atoms with E-state index in [9.17, 15) is 0 Å². The Kier molecular flexibility index (Phi) is 5.49. The molecule has 2 saturated heterocycles. The molecule has 2 heterocycles. The number of hydrogen-bond acceptors (Lipinski definition) is 3. The Bertz CT molecular complexity index is 294. The molecule has 0 radical (unpaired) electrons. The number of nitrogens with one attached hydrogen (secondary N) is 1. The van der Waals surface area contributed by atoms with Gasteiger partial charge in [-0.3, -0.25) is 4.90 Å². The van der Waals surface area contributed by atoms with Crippen LogP contribution in [-0.4, -0.2) is 49.3 Å². The van der Waals surface area contributed by atoms with E-state index in [0.717, 1.165) is 25.6 Å². The molecule has 1 N–H and O–H groups in total. The fraction of sp³-hybridized carbons (Fsp3) is 1.00. The van der Waals surface area contributed by atoms with E-state index >= 15 is 0 Å². The van der Waals surface area contributed by atoms with Gasteiger partial charge in [0.2, 0.25) is 0 Å². The van der Waals surface area contributed by atoms with Crippen molar-refractivity contribution in [2.45, 2.75) is 72.1 Å². The van der Waals surface area contributed by atoms with Crippen molar-refractivity contribution in [3.8, 4) is 0 Å². The molecule has 0 aliphatic carbocycles. The summed E-state index contributed by atoms with van der Waals surface area (Å²) >= 11 is 0. The quantitative estimate of drug-likeness (QED) is 0.858. The topological polar surface area (TPSA) is 24.5 Å². The highest BCUT2D eigenvalue weighted by Crippen LogP contribution is 2.27. The third-order valence-electron chi connectivity index (χ3n) is 5.27. The number of hydrogen-bond donors (Lipinski definition) is 1. The Morgan fingerprint density at radius 3 is 2.65 bits per heavy atom. The minimum Gasteiger partial charge on any atom is -0.377 e. The van der Waals surface area contributed by atoms with Crippen LogP contribution in [0.15, 0.2) is 0 Å². The number of rotatable bonds is 4. The van der Waals surface area contributed by atoms with E-state index < -0.39 is 0 Å². The summed E-state index contributed by atoms with van der Waals surface area (Å²) in [4.78, 5) is 2.72. The predicted molar refractivity (Wildman–Crippen MR) is 85.0 cm³/mol. The molecule has 3 nitrogen and oxygen atoms in total. The second-order valence-electron chi connectivity index (χ2n) is 7.87. The molecular formula is C17H34N2O. The minimum atomic E-state index is 0.329. The van der Waals surface area contributed by atoms with Gasteiger partial charge in [0.15, 0.2) is 0 Å². The Morgan fingerprint density at radius 1 is 1.35 bits per heavy atom. The van der Waals surface area contributed by atoms with Gasteiger partial charge in [-0.15, -0.1) is 0 Å². The molecule has 0 aromatic heterocycles. The zero-order valence-electron chi connectivity index (χ0n) is 14.1. The normalized spacial score (nSPS) is 34.4. The maximum Gasteiger partial charge on any atom is 0.0702 e. The van der Waals surface area contributed by atoms with Gasteiger partial charge in [0, 0.05) is 38.3 Å². The van der Waals surface area contributed by atoms with Crippen molar-refractivity contribution in [1.82, 2.24) is 10.2 Å². The summed E-state index contributed by atoms with van der Waals surface area (Å²) in [6.07, 6.45) is 4.22. The average Bonchev–Trinajstić information content (AvgIpc) is 2.89. The van der Waals surface area contributed by atoms with Gasteiger partial charge in [-0.05, 0) is 24.2 Å². The highest BCUT2D eigenvalue weighted by Gasteiger charge is 2.37. The number of nitrogens with zero attached hydrogens (tertiary/aromatic N) is 1. The van der Waals surface area contributed by atoms with E-state index in [2.05, 4.69) is 44.8 Å². The lowest BCUT2D eigenvalue weighted by molar-refractivity contribution is 0.00955. The summed E-state index contributed by atoms with van der Waals surface area (Å²) in [6, 6.07) is 1.26. The van der Waals surface area contributed by atoms with E-state index in [1.165, 1.54) is 25.8 Å². The third kappa shape index (κ3) is 3.96. The lowest BCUT2D eigenvalue weighted by Gasteiger charge is -2.47. The van der Waals surface area contributed by atoms with E-state index in [1.54, 1.807) is 0 Å². The summed E-state index contributed by atoms with van der Waals surface area (Å²) in [7, 11) is 0. The molecule has 118 valence electrons. The van der Waals surface area contributed by atoms with Crippen molar-refractivity contribution in [2.75, 3.05) is 26.2 Å². The Hall–Kier alpha value is -0.120. The SMILES string of the molecule is CCC(C)C1CNC(C(C)(C)C)CN1CC1CCCO1. The first kappa shape index (κ1) is 16.3. The Labute approximate surface area is 125 Å².